The Kier molecular flexibility index (Phi) is 6.53. The number of nitrogens with zero attached hydrogens (tertiary/aromatic N) is 1. The number of anilines is 2. The Morgan fingerprint density at radius 2 is 1.69 bits per heavy atom. The number of hydrogen-bond donors (Lipinski definition) is 1. The smallest absolute Gasteiger partial charge is 0.283 e. The monoisotopic (exact) mass is 464 g/mol. The maximum absolute atomic E-state index is 13.4. The van der Waals surface area contributed by atoms with Crippen molar-refractivity contribution in [2.75, 3.05) is 16.8 Å². The van der Waals surface area contributed by atoms with E-state index < -0.39 is 11.8 Å². The summed E-state index contributed by atoms with van der Waals surface area (Å²) >= 11 is 7.37. The second-order valence-corrected chi connectivity index (χ2v) is 8.65. The maximum atomic E-state index is 13.4. The molecular formula is C25H21ClN2O3S. The van der Waals surface area contributed by atoms with Crippen LogP contribution in [-0.4, -0.2) is 18.4 Å². The lowest BCUT2D eigenvalue weighted by Gasteiger charge is -2.15. The molecule has 0 saturated heterocycles. The molecule has 3 aromatic carbocycles. The molecule has 1 aliphatic heterocycles. The molecular weight excluding hydrogens is 444 g/mol. The van der Waals surface area contributed by atoms with Crippen molar-refractivity contribution in [3.63, 3.8) is 0 Å². The number of amides is 2. The van der Waals surface area contributed by atoms with Crippen molar-refractivity contribution >= 4 is 46.6 Å². The van der Waals surface area contributed by atoms with E-state index in [1.807, 2.05) is 62.4 Å². The van der Waals surface area contributed by atoms with Gasteiger partial charge in [0, 0.05) is 15.6 Å². The van der Waals surface area contributed by atoms with Crippen LogP contribution < -0.4 is 15.0 Å². The summed E-state index contributed by atoms with van der Waals surface area (Å²) in [5, 5.41) is 3.59. The normalized spacial score (nSPS) is 13.7. The topological polar surface area (TPSA) is 58.6 Å². The van der Waals surface area contributed by atoms with Crippen molar-refractivity contribution in [3.05, 3.63) is 94.0 Å². The maximum Gasteiger partial charge on any atom is 0.283 e. The molecule has 7 heteroatoms. The van der Waals surface area contributed by atoms with Crippen molar-refractivity contribution in [1.29, 1.82) is 0 Å². The van der Waals surface area contributed by atoms with Crippen LogP contribution in [0.2, 0.25) is 5.02 Å². The van der Waals surface area contributed by atoms with Crippen LogP contribution >= 0.6 is 23.4 Å². The number of carbonyl (C=O) groups excluding carboxylic acids is 2. The highest BCUT2D eigenvalue weighted by Gasteiger charge is 2.40. The first-order chi connectivity index (χ1) is 15.5. The number of carbonyl (C=O) groups is 2. The van der Waals surface area contributed by atoms with Gasteiger partial charge in [-0.3, -0.25) is 9.59 Å². The van der Waals surface area contributed by atoms with Gasteiger partial charge in [-0.1, -0.05) is 47.1 Å². The zero-order valence-electron chi connectivity index (χ0n) is 17.6. The first-order valence-corrected chi connectivity index (χ1v) is 11.3. The average molecular weight is 465 g/mol. The molecule has 0 saturated carbocycles. The van der Waals surface area contributed by atoms with Crippen molar-refractivity contribution in [2.24, 2.45) is 0 Å². The number of ether oxygens (including phenoxy) is 1. The van der Waals surface area contributed by atoms with Gasteiger partial charge < -0.3 is 10.1 Å². The van der Waals surface area contributed by atoms with E-state index in [-0.39, 0.29) is 5.70 Å². The Hall–Kier alpha value is -3.22. The lowest BCUT2D eigenvalue weighted by Crippen LogP contribution is -2.32. The van der Waals surface area contributed by atoms with Gasteiger partial charge in [0.25, 0.3) is 11.8 Å². The van der Waals surface area contributed by atoms with Crippen molar-refractivity contribution < 1.29 is 14.3 Å². The minimum atomic E-state index is -0.430. The highest BCUT2D eigenvalue weighted by molar-refractivity contribution is 8.04. The first-order valence-electron chi connectivity index (χ1n) is 10.1. The number of nitrogens with one attached hydrogen (secondary N) is 1. The quantitative estimate of drug-likeness (QED) is 0.432. The molecule has 1 N–H and O–H groups in total. The van der Waals surface area contributed by atoms with E-state index in [0.29, 0.717) is 27.9 Å². The molecule has 0 radical (unpaired) electrons. The third kappa shape index (κ3) is 4.66. The number of rotatable bonds is 7. The molecule has 4 rings (SSSR count). The summed E-state index contributed by atoms with van der Waals surface area (Å²) in [5.41, 5.74) is 2.45. The second kappa shape index (κ2) is 9.51. The minimum absolute atomic E-state index is 0.227. The van der Waals surface area contributed by atoms with Gasteiger partial charge in [-0.25, -0.2) is 4.90 Å². The predicted octanol–water partition coefficient (Wildman–Crippen LogP) is 6.04. The third-order valence-corrected chi connectivity index (χ3v) is 6.11. The van der Waals surface area contributed by atoms with Gasteiger partial charge >= 0.3 is 0 Å². The van der Waals surface area contributed by atoms with Crippen LogP contribution in [0.1, 0.15) is 12.5 Å². The Morgan fingerprint density at radius 1 is 0.969 bits per heavy atom. The number of thioether (sulfide) groups is 1. The Balaban J connectivity index is 1.70. The molecule has 0 atom stereocenters. The number of imide groups is 1. The molecule has 0 aromatic heterocycles. The summed E-state index contributed by atoms with van der Waals surface area (Å²) in [4.78, 5) is 29.1. The molecule has 0 fully saturated rings. The fourth-order valence-corrected chi connectivity index (χ4v) is 4.35. The van der Waals surface area contributed by atoms with Crippen molar-refractivity contribution in [3.8, 4) is 5.75 Å². The summed E-state index contributed by atoms with van der Waals surface area (Å²) in [6.07, 6.45) is 0. The molecule has 2 amide bonds. The van der Waals surface area contributed by atoms with E-state index in [1.54, 1.807) is 24.3 Å². The van der Waals surface area contributed by atoms with E-state index in [1.165, 1.54) is 11.8 Å². The SMILES string of the molecule is CCOc1ccc(NC2=C(Sc3ccc(C)cc3)C(=O)N(c3cccc(Cl)c3)C2=O)cc1. The van der Waals surface area contributed by atoms with E-state index in [2.05, 4.69) is 5.32 Å². The Labute approximate surface area is 196 Å². The number of halogens is 1. The van der Waals surface area contributed by atoms with E-state index in [4.69, 9.17) is 16.3 Å². The zero-order chi connectivity index (χ0) is 22.7. The predicted molar refractivity (Wildman–Crippen MR) is 129 cm³/mol. The van der Waals surface area contributed by atoms with Gasteiger partial charge in [0.15, 0.2) is 0 Å². The van der Waals surface area contributed by atoms with Crippen LogP contribution in [0.4, 0.5) is 11.4 Å². The van der Waals surface area contributed by atoms with Crippen LogP contribution in [0.25, 0.3) is 0 Å². The molecule has 0 bridgehead atoms. The van der Waals surface area contributed by atoms with Crippen LogP contribution in [-0.2, 0) is 9.59 Å². The van der Waals surface area contributed by atoms with Gasteiger partial charge in [0.1, 0.15) is 16.4 Å². The van der Waals surface area contributed by atoms with Gasteiger partial charge in [0.05, 0.1) is 12.3 Å². The van der Waals surface area contributed by atoms with Gasteiger partial charge in [0.2, 0.25) is 0 Å². The Bertz CT molecular complexity index is 1190. The first kappa shape index (κ1) is 22.0. The van der Waals surface area contributed by atoms with Crippen molar-refractivity contribution in [2.45, 2.75) is 18.7 Å². The van der Waals surface area contributed by atoms with Crippen LogP contribution in [0.3, 0.4) is 0 Å². The van der Waals surface area contributed by atoms with Gasteiger partial charge in [-0.2, -0.15) is 0 Å². The lowest BCUT2D eigenvalue weighted by atomic mass is 10.2. The molecule has 1 heterocycles. The number of aryl methyl sites for hydroxylation is 1. The van der Waals surface area contributed by atoms with Gasteiger partial charge in [-0.15, -0.1) is 0 Å². The largest absolute Gasteiger partial charge is 0.494 e. The lowest BCUT2D eigenvalue weighted by molar-refractivity contribution is -0.120. The summed E-state index contributed by atoms with van der Waals surface area (Å²) < 4.78 is 5.48. The molecule has 3 aromatic rings. The highest BCUT2D eigenvalue weighted by Crippen LogP contribution is 2.38. The standard InChI is InChI=1S/C25H21ClN2O3S/c1-3-31-20-11-9-18(10-12-20)27-22-23(32-21-13-7-16(2)8-14-21)25(30)28(24(22)29)19-6-4-5-17(26)15-19/h4-15,27H,3H2,1-2H3. The van der Waals surface area contributed by atoms with E-state index >= 15 is 0 Å². The van der Waals surface area contributed by atoms with Crippen LogP contribution in [0.5, 0.6) is 5.75 Å². The molecule has 0 aliphatic carbocycles. The molecule has 162 valence electrons. The molecule has 5 nitrogen and oxygen atoms in total. The second-order valence-electron chi connectivity index (χ2n) is 7.13. The fourth-order valence-electron chi connectivity index (χ4n) is 3.23. The van der Waals surface area contributed by atoms with Crippen LogP contribution in [0, 0.1) is 6.92 Å². The molecule has 0 unspecified atom stereocenters. The number of benzene rings is 3. The third-order valence-electron chi connectivity index (χ3n) is 4.78. The summed E-state index contributed by atoms with van der Waals surface area (Å²) in [6, 6.07) is 21.8. The van der Waals surface area contributed by atoms with E-state index in [9.17, 15) is 9.59 Å². The number of hydrogen-bond acceptors (Lipinski definition) is 5. The van der Waals surface area contributed by atoms with Gasteiger partial charge in [-0.05, 0) is 68.4 Å². The van der Waals surface area contributed by atoms with Crippen LogP contribution in [0.15, 0.2) is 88.3 Å². The molecule has 32 heavy (non-hydrogen) atoms. The zero-order valence-corrected chi connectivity index (χ0v) is 19.2. The average Bonchev–Trinajstić information content (AvgIpc) is 3.00. The summed E-state index contributed by atoms with van der Waals surface area (Å²) in [6.45, 7) is 4.48. The molecule has 0 spiro atoms. The summed E-state index contributed by atoms with van der Waals surface area (Å²) in [5.74, 6) is -0.0901. The minimum Gasteiger partial charge on any atom is -0.494 e. The Morgan fingerprint density at radius 3 is 2.34 bits per heavy atom. The molecule has 1 aliphatic rings. The fraction of sp³-hybridized carbons (Fsp3) is 0.120. The van der Waals surface area contributed by atoms with Crippen molar-refractivity contribution in [1.82, 2.24) is 0 Å². The summed E-state index contributed by atoms with van der Waals surface area (Å²) in [7, 11) is 0. The van der Waals surface area contributed by atoms with E-state index in [0.717, 1.165) is 21.1 Å². The highest BCUT2D eigenvalue weighted by atomic mass is 35.5.